The molecule has 0 bridgehead atoms. The second-order valence-electron chi connectivity index (χ2n) is 1.31. The Morgan fingerprint density at radius 3 is 2.20 bits per heavy atom. The fourth-order valence-corrected chi connectivity index (χ4v) is 0.614. The van der Waals surface area contributed by atoms with Gasteiger partial charge in [0.25, 0.3) is 0 Å². The van der Waals surface area contributed by atoms with Crippen molar-refractivity contribution < 1.29 is 46.7 Å². The quantitative estimate of drug-likeness (QED) is 0.187. The Kier molecular flexibility index (Phi) is 6.69. The van der Waals surface area contributed by atoms with Crippen LogP contribution in [0.2, 0.25) is 0 Å². The second kappa shape index (κ2) is 5.13. The maximum absolute atomic E-state index is 9.73. The van der Waals surface area contributed by atoms with Gasteiger partial charge in [-0.3, -0.25) is 4.18 Å². The largest absolute Gasteiger partial charge is 1.00 e. The third kappa shape index (κ3) is 8.43. The van der Waals surface area contributed by atoms with Crippen molar-refractivity contribution >= 4 is 10.4 Å². The Balaban J connectivity index is 0. The van der Waals surface area contributed by atoms with Crippen molar-refractivity contribution in [3.05, 3.63) is 0 Å². The van der Waals surface area contributed by atoms with Crippen molar-refractivity contribution in [3.8, 4) is 12.3 Å². The molecule has 0 rings (SSSR count). The Hall–Kier alpha value is 0.430. The Morgan fingerprint density at radius 1 is 1.70 bits per heavy atom. The van der Waals surface area contributed by atoms with E-state index in [2.05, 4.69) is 4.18 Å². The zero-order chi connectivity index (χ0) is 7.49. The van der Waals surface area contributed by atoms with E-state index < -0.39 is 16.5 Å². The zero-order valence-electron chi connectivity index (χ0n) is 5.70. The molecule has 0 spiro atoms. The number of terminal acetylenes is 1. The van der Waals surface area contributed by atoms with Crippen LogP contribution in [0.25, 0.3) is 0 Å². The standard InChI is InChI=1S/C4H6O4S.Na/c1-3-4(2)8-9(5,6)7;/h1,4H,2H3,(H,5,6,7);/q;+1/p-1. The summed E-state index contributed by atoms with van der Waals surface area (Å²) in [5.41, 5.74) is 0. The van der Waals surface area contributed by atoms with Crippen molar-refractivity contribution in [1.82, 2.24) is 0 Å². The molecule has 0 saturated carbocycles. The smallest absolute Gasteiger partial charge is 0.725 e. The minimum absolute atomic E-state index is 0. The van der Waals surface area contributed by atoms with Crippen LogP contribution in [0.15, 0.2) is 0 Å². The third-order valence-corrected chi connectivity index (χ3v) is 1.02. The monoisotopic (exact) mass is 172 g/mol. The van der Waals surface area contributed by atoms with E-state index in [4.69, 9.17) is 6.42 Å². The van der Waals surface area contributed by atoms with Crippen LogP contribution in [-0.4, -0.2) is 19.1 Å². The maximum Gasteiger partial charge on any atom is 1.00 e. The average molecular weight is 172 g/mol. The first-order valence-corrected chi connectivity index (χ1v) is 3.39. The molecule has 0 fully saturated rings. The van der Waals surface area contributed by atoms with E-state index in [9.17, 15) is 13.0 Å². The van der Waals surface area contributed by atoms with Gasteiger partial charge in [0.05, 0.1) is 0 Å². The van der Waals surface area contributed by atoms with E-state index >= 15 is 0 Å². The molecule has 0 amide bonds. The molecule has 52 valence electrons. The van der Waals surface area contributed by atoms with Crippen molar-refractivity contribution in [2.45, 2.75) is 13.0 Å². The maximum atomic E-state index is 9.73. The van der Waals surface area contributed by atoms with E-state index in [0.717, 1.165) is 0 Å². The predicted octanol–water partition coefficient (Wildman–Crippen LogP) is -3.51. The Morgan fingerprint density at radius 2 is 2.10 bits per heavy atom. The van der Waals surface area contributed by atoms with E-state index in [1.807, 2.05) is 5.92 Å². The third-order valence-electron chi connectivity index (χ3n) is 0.497. The molecule has 0 aliphatic heterocycles. The van der Waals surface area contributed by atoms with E-state index in [1.165, 1.54) is 6.92 Å². The SMILES string of the molecule is C#CC(C)OS(=O)(=O)[O-].[Na+]. The van der Waals surface area contributed by atoms with Crippen LogP contribution in [0.3, 0.4) is 0 Å². The fourth-order valence-electron chi connectivity index (χ4n) is 0.205. The van der Waals surface area contributed by atoms with Gasteiger partial charge in [-0.2, -0.15) is 0 Å². The first-order chi connectivity index (χ1) is 3.95. The normalized spacial score (nSPS) is 12.9. The van der Waals surface area contributed by atoms with E-state index in [0.29, 0.717) is 0 Å². The summed E-state index contributed by atoms with van der Waals surface area (Å²) in [5, 5.41) is 0. The number of hydrogen-bond acceptors (Lipinski definition) is 4. The molecule has 0 aromatic carbocycles. The average Bonchev–Trinajstić information content (AvgIpc) is 1.62. The molecule has 0 radical (unpaired) electrons. The van der Waals surface area contributed by atoms with Crippen molar-refractivity contribution in [2.24, 2.45) is 0 Å². The first kappa shape index (κ1) is 13.1. The molecule has 0 aromatic rings. The summed E-state index contributed by atoms with van der Waals surface area (Å²) in [6.07, 6.45) is 3.72. The summed E-state index contributed by atoms with van der Waals surface area (Å²) in [7, 11) is -4.63. The second-order valence-corrected chi connectivity index (χ2v) is 2.32. The van der Waals surface area contributed by atoms with Crippen LogP contribution < -0.4 is 29.6 Å². The topological polar surface area (TPSA) is 66.4 Å². The van der Waals surface area contributed by atoms with Gasteiger partial charge in [0, 0.05) is 0 Å². The van der Waals surface area contributed by atoms with Crippen LogP contribution in [0.4, 0.5) is 0 Å². The number of hydrogen-bond donors (Lipinski definition) is 0. The molecule has 0 aliphatic rings. The van der Waals surface area contributed by atoms with Gasteiger partial charge >= 0.3 is 29.6 Å². The van der Waals surface area contributed by atoms with Crippen molar-refractivity contribution in [3.63, 3.8) is 0 Å². The molecule has 6 heteroatoms. The molecule has 1 unspecified atom stereocenters. The zero-order valence-corrected chi connectivity index (χ0v) is 8.51. The van der Waals surface area contributed by atoms with Gasteiger partial charge in [0.2, 0.25) is 10.4 Å². The molecular formula is C4H5NaO4S. The van der Waals surface area contributed by atoms with Crippen molar-refractivity contribution in [2.75, 3.05) is 0 Å². The van der Waals surface area contributed by atoms with Crippen LogP contribution >= 0.6 is 0 Å². The van der Waals surface area contributed by atoms with Crippen LogP contribution in [-0.2, 0) is 14.6 Å². The van der Waals surface area contributed by atoms with Crippen LogP contribution in [0.5, 0.6) is 0 Å². The van der Waals surface area contributed by atoms with Crippen molar-refractivity contribution in [1.29, 1.82) is 0 Å². The summed E-state index contributed by atoms with van der Waals surface area (Å²) in [6.45, 7) is 1.29. The molecule has 4 nitrogen and oxygen atoms in total. The van der Waals surface area contributed by atoms with Gasteiger partial charge in [-0.05, 0) is 6.92 Å². The minimum Gasteiger partial charge on any atom is -0.725 e. The minimum atomic E-state index is -4.63. The molecule has 10 heavy (non-hydrogen) atoms. The van der Waals surface area contributed by atoms with Crippen LogP contribution in [0.1, 0.15) is 6.92 Å². The summed E-state index contributed by atoms with van der Waals surface area (Å²) in [6, 6.07) is 0. The molecular weight excluding hydrogens is 167 g/mol. The van der Waals surface area contributed by atoms with E-state index in [-0.39, 0.29) is 29.6 Å². The molecule has 1 atom stereocenters. The molecule has 0 aliphatic carbocycles. The van der Waals surface area contributed by atoms with Gasteiger partial charge in [-0.15, -0.1) is 6.42 Å². The van der Waals surface area contributed by atoms with Gasteiger partial charge < -0.3 is 4.55 Å². The van der Waals surface area contributed by atoms with Gasteiger partial charge in [-0.1, -0.05) is 5.92 Å². The van der Waals surface area contributed by atoms with Gasteiger partial charge in [0.15, 0.2) is 0 Å². The number of rotatable bonds is 2. The molecule has 0 heterocycles. The van der Waals surface area contributed by atoms with Crippen LogP contribution in [0, 0.1) is 12.3 Å². The molecule has 0 N–H and O–H groups in total. The molecule has 0 aromatic heterocycles. The fraction of sp³-hybridized carbons (Fsp3) is 0.500. The Labute approximate surface area is 82.2 Å². The predicted molar refractivity (Wildman–Crippen MR) is 29.1 cm³/mol. The van der Waals surface area contributed by atoms with E-state index in [1.54, 1.807) is 0 Å². The Bertz CT molecular complexity index is 214. The van der Waals surface area contributed by atoms with Gasteiger partial charge in [-0.25, -0.2) is 8.42 Å². The molecule has 0 saturated heterocycles. The summed E-state index contributed by atoms with van der Waals surface area (Å²) >= 11 is 0. The summed E-state index contributed by atoms with van der Waals surface area (Å²) in [5.74, 6) is 1.92. The summed E-state index contributed by atoms with van der Waals surface area (Å²) in [4.78, 5) is 0. The van der Waals surface area contributed by atoms with Gasteiger partial charge in [0.1, 0.15) is 6.10 Å². The first-order valence-electron chi connectivity index (χ1n) is 2.06. The summed E-state index contributed by atoms with van der Waals surface area (Å²) < 4.78 is 32.9.